The van der Waals surface area contributed by atoms with E-state index in [0.717, 1.165) is 5.92 Å². The van der Waals surface area contributed by atoms with Gasteiger partial charge < -0.3 is 0 Å². The zero-order valence-electron chi connectivity index (χ0n) is 12.2. The van der Waals surface area contributed by atoms with Crippen molar-refractivity contribution in [2.45, 2.75) is 65.2 Å². The van der Waals surface area contributed by atoms with Crippen LogP contribution in [0.4, 0.5) is 0 Å². The first-order valence-electron chi connectivity index (χ1n) is 6.93. The summed E-state index contributed by atoms with van der Waals surface area (Å²) in [5, 5.41) is 0. The summed E-state index contributed by atoms with van der Waals surface area (Å²) >= 11 is 0. The van der Waals surface area contributed by atoms with Crippen molar-refractivity contribution in [3.05, 3.63) is 34.9 Å². The molecule has 0 heteroatoms. The van der Waals surface area contributed by atoms with Crippen LogP contribution in [-0.2, 0) is 10.8 Å². The second kappa shape index (κ2) is 3.86. The Hall–Kier alpha value is -0.780. The Balaban J connectivity index is 2.67. The van der Waals surface area contributed by atoms with Gasteiger partial charge in [0.05, 0.1) is 0 Å². The number of fused-ring (bicyclic) bond motifs is 1. The Bertz CT molecular complexity index is 428. The summed E-state index contributed by atoms with van der Waals surface area (Å²) in [4.78, 5) is 0. The average molecular weight is 230 g/mol. The molecular weight excluding hydrogens is 204 g/mol. The summed E-state index contributed by atoms with van der Waals surface area (Å²) < 4.78 is 0. The minimum absolute atomic E-state index is 0.316. The third kappa shape index (κ3) is 1.82. The predicted octanol–water partition coefficient (Wildman–Crippen LogP) is 4.98. The maximum atomic E-state index is 2.44. The number of rotatable bonds is 1. The Kier molecular flexibility index (Phi) is 2.88. The maximum Gasteiger partial charge on any atom is -0.00721 e. The van der Waals surface area contributed by atoms with E-state index < -0.39 is 0 Å². The molecule has 94 valence electrons. The average Bonchev–Trinajstić information content (AvgIpc) is 2.27. The molecule has 0 spiro atoms. The van der Waals surface area contributed by atoms with Crippen LogP contribution >= 0.6 is 0 Å². The van der Waals surface area contributed by atoms with Gasteiger partial charge in [0.25, 0.3) is 0 Å². The zero-order chi connectivity index (χ0) is 12.8. The van der Waals surface area contributed by atoms with E-state index in [2.05, 4.69) is 59.7 Å². The van der Waals surface area contributed by atoms with Gasteiger partial charge in [0, 0.05) is 0 Å². The first kappa shape index (κ1) is 12.7. The van der Waals surface area contributed by atoms with Crippen molar-refractivity contribution in [2.24, 2.45) is 5.92 Å². The second-order valence-electron chi connectivity index (χ2n) is 6.79. The lowest BCUT2D eigenvalue weighted by Gasteiger charge is -2.48. The number of hydrogen-bond acceptors (Lipinski definition) is 0. The largest absolute Gasteiger partial charge is 0.0645 e. The fraction of sp³-hybridized carbons (Fsp3) is 0.647. The van der Waals surface area contributed by atoms with Crippen molar-refractivity contribution in [1.29, 1.82) is 0 Å². The van der Waals surface area contributed by atoms with Crippen molar-refractivity contribution in [2.75, 3.05) is 0 Å². The number of hydrogen-bond donors (Lipinski definition) is 0. The Morgan fingerprint density at radius 2 is 1.82 bits per heavy atom. The van der Waals surface area contributed by atoms with E-state index in [-0.39, 0.29) is 0 Å². The summed E-state index contributed by atoms with van der Waals surface area (Å²) in [6.07, 6.45) is 2.55. The molecule has 17 heavy (non-hydrogen) atoms. The van der Waals surface area contributed by atoms with Crippen LogP contribution in [0.2, 0.25) is 0 Å². The van der Waals surface area contributed by atoms with E-state index in [4.69, 9.17) is 0 Å². The molecule has 2 unspecified atom stereocenters. The molecule has 0 bridgehead atoms. The number of benzene rings is 1. The van der Waals surface area contributed by atoms with Crippen LogP contribution < -0.4 is 0 Å². The molecule has 0 fully saturated rings. The van der Waals surface area contributed by atoms with Gasteiger partial charge in [0.15, 0.2) is 0 Å². The molecule has 0 N–H and O–H groups in total. The SMILES string of the molecule is CCC1(C)CC(C)C(C)(C)c2cc(C)ccc21. The molecule has 1 aliphatic rings. The van der Waals surface area contributed by atoms with Crippen molar-refractivity contribution in [1.82, 2.24) is 0 Å². The van der Waals surface area contributed by atoms with Gasteiger partial charge in [0.1, 0.15) is 0 Å². The molecule has 1 aromatic carbocycles. The monoisotopic (exact) mass is 230 g/mol. The highest BCUT2D eigenvalue weighted by atomic mass is 14.5. The first-order chi connectivity index (χ1) is 7.81. The molecule has 2 atom stereocenters. The summed E-state index contributed by atoms with van der Waals surface area (Å²) in [6, 6.07) is 7.07. The lowest BCUT2D eigenvalue weighted by Crippen LogP contribution is -2.41. The molecular formula is C17H26. The van der Waals surface area contributed by atoms with Gasteiger partial charge in [-0.1, -0.05) is 58.4 Å². The summed E-state index contributed by atoms with van der Waals surface area (Å²) in [6.45, 7) is 14.2. The molecule has 1 aromatic rings. The highest BCUT2D eigenvalue weighted by molar-refractivity contribution is 5.44. The smallest absolute Gasteiger partial charge is 0.00721 e. The van der Waals surface area contributed by atoms with Crippen molar-refractivity contribution in [3.63, 3.8) is 0 Å². The molecule has 0 aromatic heterocycles. The molecule has 1 aliphatic carbocycles. The zero-order valence-corrected chi connectivity index (χ0v) is 12.2. The van der Waals surface area contributed by atoms with Crippen LogP contribution in [0.5, 0.6) is 0 Å². The van der Waals surface area contributed by atoms with Gasteiger partial charge in [0.2, 0.25) is 0 Å². The molecule has 2 rings (SSSR count). The van der Waals surface area contributed by atoms with Crippen LogP contribution in [-0.4, -0.2) is 0 Å². The summed E-state index contributed by atoms with van der Waals surface area (Å²) in [7, 11) is 0. The van der Waals surface area contributed by atoms with E-state index in [1.807, 2.05) is 0 Å². The van der Waals surface area contributed by atoms with E-state index in [1.54, 1.807) is 11.1 Å². The van der Waals surface area contributed by atoms with E-state index in [1.165, 1.54) is 18.4 Å². The minimum atomic E-state index is 0.316. The minimum Gasteiger partial charge on any atom is -0.0645 e. The standard InChI is InChI=1S/C17H26/c1-7-17(6)11-13(3)16(4,5)15-10-12(2)8-9-14(15)17/h8-10,13H,7,11H2,1-6H3. The highest BCUT2D eigenvalue weighted by Gasteiger charge is 2.43. The van der Waals surface area contributed by atoms with Crippen LogP contribution in [0, 0.1) is 12.8 Å². The van der Waals surface area contributed by atoms with Crippen molar-refractivity contribution < 1.29 is 0 Å². The third-order valence-electron chi connectivity index (χ3n) is 5.29. The van der Waals surface area contributed by atoms with Gasteiger partial charge >= 0.3 is 0 Å². The molecule has 0 saturated heterocycles. The van der Waals surface area contributed by atoms with E-state index >= 15 is 0 Å². The third-order valence-corrected chi connectivity index (χ3v) is 5.29. The van der Waals surface area contributed by atoms with Crippen LogP contribution in [0.15, 0.2) is 18.2 Å². The topological polar surface area (TPSA) is 0 Å². The Labute approximate surface area is 106 Å². The van der Waals surface area contributed by atoms with Crippen LogP contribution in [0.3, 0.4) is 0 Å². The van der Waals surface area contributed by atoms with E-state index in [9.17, 15) is 0 Å². The Morgan fingerprint density at radius 1 is 1.18 bits per heavy atom. The molecule has 0 amide bonds. The highest BCUT2D eigenvalue weighted by Crippen LogP contribution is 2.50. The Morgan fingerprint density at radius 3 is 2.41 bits per heavy atom. The summed E-state index contributed by atoms with van der Waals surface area (Å²) in [5.41, 5.74) is 5.26. The molecule has 0 radical (unpaired) electrons. The maximum absolute atomic E-state index is 2.44. The van der Waals surface area contributed by atoms with E-state index in [0.29, 0.717) is 10.8 Å². The lowest BCUT2D eigenvalue weighted by atomic mass is 9.57. The molecule has 0 heterocycles. The molecule has 0 saturated carbocycles. The van der Waals surface area contributed by atoms with Gasteiger partial charge in [-0.3, -0.25) is 0 Å². The fourth-order valence-corrected chi connectivity index (χ4v) is 3.36. The summed E-state index contributed by atoms with van der Waals surface area (Å²) in [5.74, 6) is 0.752. The van der Waals surface area contributed by atoms with Gasteiger partial charge in [-0.25, -0.2) is 0 Å². The van der Waals surface area contributed by atoms with Gasteiger partial charge in [-0.15, -0.1) is 0 Å². The first-order valence-corrected chi connectivity index (χ1v) is 6.93. The molecule has 0 nitrogen and oxygen atoms in total. The molecule has 0 aliphatic heterocycles. The normalized spacial score (nSPS) is 31.1. The predicted molar refractivity (Wildman–Crippen MR) is 75.6 cm³/mol. The lowest BCUT2D eigenvalue weighted by molar-refractivity contribution is 0.217. The second-order valence-corrected chi connectivity index (χ2v) is 6.79. The van der Waals surface area contributed by atoms with Crippen LogP contribution in [0.1, 0.15) is 64.2 Å². The van der Waals surface area contributed by atoms with Crippen LogP contribution in [0.25, 0.3) is 0 Å². The van der Waals surface area contributed by atoms with Gasteiger partial charge in [-0.05, 0) is 47.6 Å². The van der Waals surface area contributed by atoms with Crippen molar-refractivity contribution in [3.8, 4) is 0 Å². The fourth-order valence-electron chi connectivity index (χ4n) is 3.36. The number of aryl methyl sites for hydroxylation is 1. The van der Waals surface area contributed by atoms with Crippen molar-refractivity contribution >= 4 is 0 Å². The quantitative estimate of drug-likeness (QED) is 0.638. The van der Waals surface area contributed by atoms with Gasteiger partial charge in [-0.2, -0.15) is 0 Å².